The zero-order valence-electron chi connectivity index (χ0n) is 18.3. The van der Waals surface area contributed by atoms with Crippen LogP contribution in [-0.2, 0) is 4.79 Å². The maximum atomic E-state index is 12.6. The van der Waals surface area contributed by atoms with Crippen LogP contribution >= 0.6 is 0 Å². The summed E-state index contributed by atoms with van der Waals surface area (Å²) in [7, 11) is 0. The number of fused-ring (bicyclic) bond motifs is 1. The molecule has 2 heterocycles. The van der Waals surface area contributed by atoms with E-state index in [9.17, 15) is 4.79 Å². The fourth-order valence-corrected chi connectivity index (χ4v) is 4.35. The highest BCUT2D eigenvalue weighted by atomic mass is 16.5. The number of rotatable bonds is 4. The van der Waals surface area contributed by atoms with Gasteiger partial charge in [-0.2, -0.15) is 0 Å². The third-order valence-corrected chi connectivity index (χ3v) is 6.34. The number of nitrogens with zero attached hydrogens (tertiary/aromatic N) is 1. The van der Waals surface area contributed by atoms with Crippen LogP contribution in [0.2, 0.25) is 0 Å². The van der Waals surface area contributed by atoms with Crippen LogP contribution in [0.5, 0.6) is 11.5 Å². The normalized spacial score (nSPS) is 16.3. The Morgan fingerprint density at radius 2 is 1.72 bits per heavy atom. The summed E-state index contributed by atoms with van der Waals surface area (Å²) in [5.41, 5.74) is 4.31. The summed E-state index contributed by atoms with van der Waals surface area (Å²) < 4.78 is 12.1. The highest BCUT2D eigenvalue weighted by Crippen LogP contribution is 2.38. The monoisotopic (exact) mass is 425 g/mol. The lowest BCUT2D eigenvalue weighted by atomic mass is 9.87. The van der Waals surface area contributed by atoms with Crippen molar-refractivity contribution in [3.05, 3.63) is 90.0 Å². The van der Waals surface area contributed by atoms with Gasteiger partial charge in [0, 0.05) is 31.5 Å². The minimum absolute atomic E-state index is 0.0214. The van der Waals surface area contributed by atoms with E-state index in [0.717, 1.165) is 29.9 Å². The Balaban J connectivity index is 1.20. The summed E-state index contributed by atoms with van der Waals surface area (Å²) >= 11 is 0. The number of benzene rings is 3. The Hall–Kier alpha value is -3.53. The number of carbonyl (C=O) groups excluding carboxylic acids is 1. The van der Waals surface area contributed by atoms with Gasteiger partial charge in [-0.1, -0.05) is 60.2 Å². The summed E-state index contributed by atoms with van der Waals surface area (Å²) in [4.78, 5) is 14.5. The van der Waals surface area contributed by atoms with Crippen LogP contribution in [0.1, 0.15) is 24.0 Å². The van der Waals surface area contributed by atoms with Crippen molar-refractivity contribution in [3.63, 3.8) is 0 Å². The van der Waals surface area contributed by atoms with E-state index in [2.05, 4.69) is 54.6 Å². The molecule has 0 saturated carbocycles. The Bertz CT molecular complexity index is 1130. The molecule has 4 nitrogen and oxygen atoms in total. The highest BCUT2D eigenvalue weighted by molar-refractivity contribution is 5.78. The van der Waals surface area contributed by atoms with Gasteiger partial charge in [0.2, 0.25) is 0 Å². The fraction of sp³-hybridized carbons (Fsp3) is 0.250. The molecule has 1 spiro atoms. The topological polar surface area (TPSA) is 38.8 Å². The average Bonchev–Trinajstić information content (AvgIpc) is 2.84. The second-order valence-corrected chi connectivity index (χ2v) is 8.60. The molecule has 1 fully saturated rings. The number of aryl methyl sites for hydroxylation is 1. The molecule has 5 rings (SSSR count). The van der Waals surface area contributed by atoms with E-state index in [1.165, 1.54) is 16.7 Å². The number of ether oxygens (including phenoxy) is 2. The van der Waals surface area contributed by atoms with Crippen LogP contribution in [0.25, 0.3) is 17.2 Å². The van der Waals surface area contributed by atoms with Crippen LogP contribution in [0, 0.1) is 6.92 Å². The maximum absolute atomic E-state index is 12.6. The van der Waals surface area contributed by atoms with Crippen molar-refractivity contribution in [1.82, 2.24) is 4.90 Å². The second kappa shape index (κ2) is 8.54. The molecular formula is C28H27NO3. The molecule has 0 bridgehead atoms. The van der Waals surface area contributed by atoms with E-state index in [4.69, 9.17) is 9.47 Å². The Morgan fingerprint density at radius 3 is 2.47 bits per heavy atom. The van der Waals surface area contributed by atoms with Crippen molar-refractivity contribution in [1.29, 1.82) is 0 Å². The van der Waals surface area contributed by atoms with Gasteiger partial charge in [0.05, 0.1) is 0 Å². The molecule has 0 aromatic heterocycles. The van der Waals surface area contributed by atoms with Crippen molar-refractivity contribution in [2.24, 2.45) is 0 Å². The minimum atomic E-state index is -0.337. The van der Waals surface area contributed by atoms with E-state index < -0.39 is 0 Å². The van der Waals surface area contributed by atoms with Crippen molar-refractivity contribution >= 4 is 12.0 Å². The van der Waals surface area contributed by atoms with Gasteiger partial charge in [0.15, 0.2) is 6.61 Å². The second-order valence-electron chi connectivity index (χ2n) is 8.60. The third kappa shape index (κ3) is 4.26. The molecule has 32 heavy (non-hydrogen) atoms. The van der Waals surface area contributed by atoms with E-state index in [1.807, 2.05) is 42.2 Å². The van der Waals surface area contributed by atoms with Gasteiger partial charge >= 0.3 is 0 Å². The van der Waals surface area contributed by atoms with Gasteiger partial charge in [-0.25, -0.2) is 0 Å². The zero-order chi connectivity index (χ0) is 22.0. The number of hydrogen-bond acceptors (Lipinski definition) is 3. The van der Waals surface area contributed by atoms with Crippen LogP contribution in [-0.4, -0.2) is 36.1 Å². The average molecular weight is 426 g/mol. The molecule has 0 radical (unpaired) electrons. The summed E-state index contributed by atoms with van der Waals surface area (Å²) in [5, 5.41) is 0. The largest absolute Gasteiger partial charge is 0.484 e. The molecule has 3 aromatic rings. The lowest BCUT2D eigenvalue weighted by Crippen LogP contribution is -2.50. The SMILES string of the molecule is Cc1ccc(OCC(=O)N2CCC3(C=Cc4cc(-c5ccccc5)ccc4O3)CC2)cc1. The maximum Gasteiger partial charge on any atom is 0.260 e. The number of piperidine rings is 1. The molecule has 1 amide bonds. The van der Waals surface area contributed by atoms with E-state index >= 15 is 0 Å². The van der Waals surface area contributed by atoms with Gasteiger partial charge in [-0.15, -0.1) is 0 Å². The lowest BCUT2D eigenvalue weighted by Gasteiger charge is -2.42. The smallest absolute Gasteiger partial charge is 0.260 e. The molecule has 0 aliphatic carbocycles. The van der Waals surface area contributed by atoms with E-state index in [0.29, 0.717) is 13.1 Å². The summed E-state index contributed by atoms with van der Waals surface area (Å²) in [6, 6.07) is 24.5. The van der Waals surface area contributed by atoms with Gasteiger partial charge < -0.3 is 14.4 Å². The Kier molecular flexibility index (Phi) is 5.44. The first kappa shape index (κ1) is 20.4. The van der Waals surface area contributed by atoms with E-state index in [-0.39, 0.29) is 18.1 Å². The van der Waals surface area contributed by atoms with Crippen LogP contribution in [0.4, 0.5) is 0 Å². The molecule has 2 aliphatic rings. The highest BCUT2D eigenvalue weighted by Gasteiger charge is 2.38. The Morgan fingerprint density at radius 1 is 0.969 bits per heavy atom. The van der Waals surface area contributed by atoms with Crippen molar-refractivity contribution in [2.45, 2.75) is 25.4 Å². The fourth-order valence-electron chi connectivity index (χ4n) is 4.35. The predicted octanol–water partition coefficient (Wildman–Crippen LogP) is 5.51. The summed E-state index contributed by atoms with van der Waals surface area (Å²) in [6.07, 6.45) is 5.90. The predicted molar refractivity (Wildman–Crippen MR) is 127 cm³/mol. The van der Waals surface area contributed by atoms with Crippen molar-refractivity contribution in [2.75, 3.05) is 19.7 Å². The molecule has 3 aromatic carbocycles. The van der Waals surface area contributed by atoms with Gasteiger partial charge in [0.25, 0.3) is 5.91 Å². The molecule has 2 aliphatic heterocycles. The quantitative estimate of drug-likeness (QED) is 0.553. The van der Waals surface area contributed by atoms with Crippen LogP contribution in [0.15, 0.2) is 78.9 Å². The molecule has 4 heteroatoms. The summed E-state index contributed by atoms with van der Waals surface area (Å²) in [6.45, 7) is 3.43. The van der Waals surface area contributed by atoms with Gasteiger partial charge in [0.1, 0.15) is 17.1 Å². The third-order valence-electron chi connectivity index (χ3n) is 6.34. The number of carbonyl (C=O) groups is 1. The first-order chi connectivity index (χ1) is 15.6. The number of hydrogen-bond donors (Lipinski definition) is 0. The number of amides is 1. The minimum Gasteiger partial charge on any atom is -0.484 e. The molecule has 0 N–H and O–H groups in total. The zero-order valence-corrected chi connectivity index (χ0v) is 18.3. The van der Waals surface area contributed by atoms with Gasteiger partial charge in [-0.3, -0.25) is 4.79 Å². The number of likely N-dealkylation sites (tertiary alicyclic amines) is 1. The molecule has 0 unspecified atom stereocenters. The van der Waals surface area contributed by atoms with Crippen LogP contribution < -0.4 is 9.47 Å². The summed E-state index contributed by atoms with van der Waals surface area (Å²) in [5.74, 6) is 1.66. The molecule has 0 atom stereocenters. The van der Waals surface area contributed by atoms with Crippen molar-refractivity contribution < 1.29 is 14.3 Å². The Labute approximate surface area is 189 Å². The van der Waals surface area contributed by atoms with E-state index in [1.54, 1.807) is 0 Å². The first-order valence-corrected chi connectivity index (χ1v) is 11.2. The molecule has 162 valence electrons. The first-order valence-electron chi connectivity index (χ1n) is 11.2. The van der Waals surface area contributed by atoms with Crippen molar-refractivity contribution in [3.8, 4) is 22.6 Å². The molecule has 1 saturated heterocycles. The lowest BCUT2D eigenvalue weighted by molar-refractivity contribution is -0.136. The standard InChI is InChI=1S/C28H27NO3/c1-21-7-10-25(11-8-21)31-20-27(30)29-17-15-28(16-18-29)14-13-24-19-23(9-12-26(24)32-28)22-5-3-2-4-6-22/h2-14,19H,15-18,20H2,1H3. The van der Waals surface area contributed by atoms with Crippen LogP contribution in [0.3, 0.4) is 0 Å². The van der Waals surface area contributed by atoms with Gasteiger partial charge in [-0.05, 0) is 48.4 Å². The molecular weight excluding hydrogens is 398 g/mol.